The Kier molecular flexibility index (Phi) is 5.01. The molecule has 1 saturated carbocycles. The van der Waals surface area contributed by atoms with Gasteiger partial charge < -0.3 is 10.4 Å². The first-order valence-electron chi connectivity index (χ1n) is 6.80. The number of carbonyl (C=O) groups excluding carboxylic acids is 1. The monoisotopic (exact) mass is 387 g/mol. The predicted octanol–water partition coefficient (Wildman–Crippen LogP) is 3.37. The fourth-order valence-electron chi connectivity index (χ4n) is 2.84. The molecule has 0 bridgehead atoms. The van der Waals surface area contributed by atoms with E-state index in [0.29, 0.717) is 18.8 Å². The van der Waals surface area contributed by atoms with Gasteiger partial charge >= 0.3 is 5.97 Å². The number of anilines is 1. The summed E-state index contributed by atoms with van der Waals surface area (Å²) in [5, 5.41) is 12.1. The Morgan fingerprint density at radius 1 is 1.35 bits per heavy atom. The Balaban J connectivity index is 2.09. The zero-order valence-corrected chi connectivity index (χ0v) is 13.5. The zero-order valence-electron chi connectivity index (χ0n) is 11.3. The van der Waals surface area contributed by atoms with Gasteiger partial charge in [0.2, 0.25) is 5.91 Å². The molecule has 1 fully saturated rings. The lowest BCUT2D eigenvalue weighted by Gasteiger charge is -2.15. The smallest absolute Gasteiger partial charge is 0.307 e. The number of rotatable bonds is 4. The number of carboxylic acids is 1. The van der Waals surface area contributed by atoms with Gasteiger partial charge in [-0.15, -0.1) is 0 Å². The standard InChI is InChI=1S/C15H18INO3/c1-2-9-6-12(13(7-9)15(19)20)14(18)17-11-5-3-4-10(16)8-11/h3-5,8-9,12-13H,2,6-7H2,1H3,(H,17,18)(H,19,20)/t9?,12-,13+/m0/s1. The minimum atomic E-state index is -0.858. The summed E-state index contributed by atoms with van der Waals surface area (Å²) in [5.41, 5.74) is 0.728. The summed E-state index contributed by atoms with van der Waals surface area (Å²) in [4.78, 5) is 23.6. The highest BCUT2D eigenvalue weighted by atomic mass is 127. The first kappa shape index (κ1) is 15.3. The molecule has 0 radical (unpaired) electrons. The van der Waals surface area contributed by atoms with Crippen LogP contribution in [-0.4, -0.2) is 17.0 Å². The number of nitrogens with one attached hydrogen (secondary N) is 1. The van der Waals surface area contributed by atoms with Crippen LogP contribution in [0.1, 0.15) is 26.2 Å². The average Bonchev–Trinajstić information content (AvgIpc) is 2.83. The van der Waals surface area contributed by atoms with E-state index in [4.69, 9.17) is 0 Å². The third-order valence-corrected chi connectivity index (χ3v) is 4.65. The molecular formula is C15H18INO3. The quantitative estimate of drug-likeness (QED) is 0.779. The first-order valence-corrected chi connectivity index (χ1v) is 7.88. The summed E-state index contributed by atoms with van der Waals surface area (Å²) >= 11 is 2.18. The second kappa shape index (κ2) is 6.56. The summed E-state index contributed by atoms with van der Waals surface area (Å²) in [6.45, 7) is 2.05. The van der Waals surface area contributed by atoms with Crippen LogP contribution in [-0.2, 0) is 9.59 Å². The topological polar surface area (TPSA) is 66.4 Å². The Morgan fingerprint density at radius 2 is 2.05 bits per heavy atom. The third kappa shape index (κ3) is 3.50. The fraction of sp³-hybridized carbons (Fsp3) is 0.467. The molecule has 3 atom stereocenters. The zero-order chi connectivity index (χ0) is 14.7. The van der Waals surface area contributed by atoms with Gasteiger partial charge in [0.15, 0.2) is 0 Å². The lowest BCUT2D eigenvalue weighted by Crippen LogP contribution is -2.30. The second-order valence-electron chi connectivity index (χ2n) is 5.30. The van der Waals surface area contributed by atoms with Crippen LogP contribution >= 0.6 is 22.6 Å². The van der Waals surface area contributed by atoms with Gasteiger partial charge in [0.25, 0.3) is 0 Å². The van der Waals surface area contributed by atoms with Gasteiger partial charge in [-0.3, -0.25) is 9.59 Å². The largest absolute Gasteiger partial charge is 0.481 e. The maximum atomic E-state index is 12.3. The lowest BCUT2D eigenvalue weighted by atomic mass is 9.95. The molecule has 1 amide bonds. The van der Waals surface area contributed by atoms with Crippen molar-refractivity contribution in [1.29, 1.82) is 0 Å². The predicted molar refractivity (Wildman–Crippen MR) is 85.4 cm³/mol. The Morgan fingerprint density at radius 3 is 2.65 bits per heavy atom. The Labute approximate surface area is 132 Å². The van der Waals surface area contributed by atoms with Crippen LogP contribution in [0.4, 0.5) is 5.69 Å². The van der Waals surface area contributed by atoms with Crippen LogP contribution < -0.4 is 5.32 Å². The normalized spacial score (nSPS) is 25.4. The van der Waals surface area contributed by atoms with Crippen LogP contribution in [0.3, 0.4) is 0 Å². The highest BCUT2D eigenvalue weighted by Crippen LogP contribution is 2.39. The summed E-state index contributed by atoms with van der Waals surface area (Å²) < 4.78 is 1.04. The molecule has 0 heterocycles. The summed E-state index contributed by atoms with van der Waals surface area (Å²) in [7, 11) is 0. The van der Waals surface area contributed by atoms with E-state index in [1.807, 2.05) is 31.2 Å². The molecule has 20 heavy (non-hydrogen) atoms. The molecule has 108 valence electrons. The highest BCUT2D eigenvalue weighted by molar-refractivity contribution is 14.1. The molecule has 1 aromatic rings. The van der Waals surface area contributed by atoms with Crippen molar-refractivity contribution in [3.63, 3.8) is 0 Å². The maximum absolute atomic E-state index is 12.3. The Bertz CT molecular complexity index is 518. The van der Waals surface area contributed by atoms with E-state index in [9.17, 15) is 14.7 Å². The van der Waals surface area contributed by atoms with Gasteiger partial charge in [-0.05, 0) is 59.5 Å². The van der Waals surface area contributed by atoms with Gasteiger partial charge in [0.1, 0.15) is 0 Å². The third-order valence-electron chi connectivity index (χ3n) is 3.98. The lowest BCUT2D eigenvalue weighted by molar-refractivity contribution is -0.145. The number of carboxylic acid groups (broad SMARTS) is 1. The molecular weight excluding hydrogens is 369 g/mol. The van der Waals surface area contributed by atoms with E-state index in [0.717, 1.165) is 15.7 Å². The molecule has 0 saturated heterocycles. The molecule has 1 aromatic carbocycles. The van der Waals surface area contributed by atoms with E-state index in [1.165, 1.54) is 0 Å². The van der Waals surface area contributed by atoms with Crippen molar-refractivity contribution in [2.24, 2.45) is 17.8 Å². The molecule has 1 aliphatic rings. The summed E-state index contributed by atoms with van der Waals surface area (Å²) in [6, 6.07) is 7.51. The number of hydrogen-bond acceptors (Lipinski definition) is 2. The van der Waals surface area contributed by atoms with Gasteiger partial charge in [0.05, 0.1) is 11.8 Å². The number of hydrogen-bond donors (Lipinski definition) is 2. The average molecular weight is 387 g/mol. The van der Waals surface area contributed by atoms with Crippen LogP contribution in [0.2, 0.25) is 0 Å². The fourth-order valence-corrected chi connectivity index (χ4v) is 3.38. The van der Waals surface area contributed by atoms with E-state index < -0.39 is 17.8 Å². The van der Waals surface area contributed by atoms with Gasteiger partial charge in [-0.1, -0.05) is 19.4 Å². The van der Waals surface area contributed by atoms with Crippen molar-refractivity contribution in [2.45, 2.75) is 26.2 Å². The van der Waals surface area contributed by atoms with Gasteiger partial charge in [0, 0.05) is 9.26 Å². The summed E-state index contributed by atoms with van der Waals surface area (Å²) in [6.07, 6.45) is 2.20. The molecule has 2 N–H and O–H groups in total. The van der Waals surface area contributed by atoms with Crippen molar-refractivity contribution < 1.29 is 14.7 Å². The number of aliphatic carboxylic acids is 1. The minimum Gasteiger partial charge on any atom is -0.481 e. The van der Waals surface area contributed by atoms with Crippen LogP contribution in [0.5, 0.6) is 0 Å². The van der Waals surface area contributed by atoms with E-state index in [2.05, 4.69) is 27.9 Å². The number of carbonyl (C=O) groups is 2. The second-order valence-corrected chi connectivity index (χ2v) is 6.54. The highest BCUT2D eigenvalue weighted by Gasteiger charge is 2.42. The van der Waals surface area contributed by atoms with Crippen molar-refractivity contribution >= 4 is 40.2 Å². The first-order chi connectivity index (χ1) is 9.51. The van der Waals surface area contributed by atoms with E-state index in [1.54, 1.807) is 0 Å². The molecule has 0 spiro atoms. The Hall–Kier alpha value is -1.11. The molecule has 2 rings (SSSR count). The van der Waals surface area contributed by atoms with Crippen LogP contribution in [0.15, 0.2) is 24.3 Å². The van der Waals surface area contributed by atoms with E-state index in [-0.39, 0.29) is 5.91 Å². The van der Waals surface area contributed by atoms with E-state index >= 15 is 0 Å². The number of benzene rings is 1. The SMILES string of the molecule is CCC1C[C@H](C(=O)Nc2cccc(I)c2)[C@H](C(=O)O)C1. The number of halogens is 1. The van der Waals surface area contributed by atoms with Crippen molar-refractivity contribution in [1.82, 2.24) is 0 Å². The molecule has 1 unspecified atom stereocenters. The van der Waals surface area contributed by atoms with Gasteiger partial charge in [-0.25, -0.2) is 0 Å². The molecule has 1 aliphatic carbocycles. The maximum Gasteiger partial charge on any atom is 0.307 e. The van der Waals surface area contributed by atoms with Crippen molar-refractivity contribution in [3.05, 3.63) is 27.8 Å². The van der Waals surface area contributed by atoms with Crippen molar-refractivity contribution in [3.8, 4) is 0 Å². The van der Waals surface area contributed by atoms with Crippen LogP contribution in [0, 0.1) is 21.3 Å². The molecule has 5 heteroatoms. The van der Waals surface area contributed by atoms with Crippen molar-refractivity contribution in [2.75, 3.05) is 5.32 Å². The minimum absolute atomic E-state index is 0.171. The molecule has 4 nitrogen and oxygen atoms in total. The van der Waals surface area contributed by atoms with Gasteiger partial charge in [-0.2, -0.15) is 0 Å². The molecule has 0 aromatic heterocycles. The number of amides is 1. The summed E-state index contributed by atoms with van der Waals surface area (Å²) in [5.74, 6) is -1.67. The molecule has 0 aliphatic heterocycles. The van der Waals surface area contributed by atoms with Crippen LogP contribution in [0.25, 0.3) is 0 Å².